The van der Waals surface area contributed by atoms with Gasteiger partial charge in [0.15, 0.2) is 11.5 Å². The zero-order valence-corrected chi connectivity index (χ0v) is 16.3. The van der Waals surface area contributed by atoms with Gasteiger partial charge in [-0.1, -0.05) is 18.2 Å². The number of ether oxygens (including phenoxy) is 3. The van der Waals surface area contributed by atoms with E-state index in [4.69, 9.17) is 14.2 Å². The first-order valence-electron chi connectivity index (χ1n) is 9.77. The number of hydrogen-bond donors (Lipinski definition) is 1. The van der Waals surface area contributed by atoms with Crippen LogP contribution in [0, 0.1) is 0 Å². The molecule has 1 unspecified atom stereocenters. The van der Waals surface area contributed by atoms with Crippen molar-refractivity contribution >= 4 is 11.6 Å². The monoisotopic (exact) mass is 382 g/mol. The van der Waals surface area contributed by atoms with Gasteiger partial charge in [-0.3, -0.25) is 4.79 Å². The number of carbonyl (C=O) groups excluding carboxylic acids is 1. The summed E-state index contributed by atoms with van der Waals surface area (Å²) in [6.45, 7) is 6.41. The van der Waals surface area contributed by atoms with E-state index in [1.54, 1.807) is 0 Å². The number of nitrogens with zero attached hydrogens (tertiary/aromatic N) is 1. The Hall–Kier alpha value is -2.89. The Balaban J connectivity index is 1.38. The van der Waals surface area contributed by atoms with Crippen molar-refractivity contribution < 1.29 is 19.0 Å². The van der Waals surface area contributed by atoms with Gasteiger partial charge in [0.05, 0.1) is 18.3 Å². The summed E-state index contributed by atoms with van der Waals surface area (Å²) in [7, 11) is 0. The standard InChI is InChI=1S/C22H26N2O4/c1-15(23-16(2)25)17-6-8-18(9-7-17)28-19-10-11-24(14-19)20-4-3-5-21-22(20)27-13-12-26-21/h3-9,15,19H,10-14H2,1-2H3,(H,23,25)/t15-,19?/m0/s1. The molecule has 0 bridgehead atoms. The lowest BCUT2D eigenvalue weighted by Gasteiger charge is -2.26. The van der Waals surface area contributed by atoms with E-state index in [2.05, 4.69) is 16.3 Å². The molecule has 0 radical (unpaired) electrons. The normalized spacial score (nSPS) is 19.2. The van der Waals surface area contributed by atoms with Crippen LogP contribution < -0.4 is 24.4 Å². The molecule has 1 N–H and O–H groups in total. The maximum absolute atomic E-state index is 11.2. The third-order valence-electron chi connectivity index (χ3n) is 5.13. The average Bonchev–Trinajstić information content (AvgIpc) is 3.16. The lowest BCUT2D eigenvalue weighted by Crippen LogP contribution is -2.26. The Labute approximate surface area is 165 Å². The average molecular weight is 382 g/mol. The van der Waals surface area contributed by atoms with Crippen molar-refractivity contribution in [2.24, 2.45) is 0 Å². The van der Waals surface area contributed by atoms with Crippen molar-refractivity contribution in [3.63, 3.8) is 0 Å². The van der Waals surface area contributed by atoms with Gasteiger partial charge in [0.1, 0.15) is 25.1 Å². The van der Waals surface area contributed by atoms with Gasteiger partial charge in [-0.15, -0.1) is 0 Å². The van der Waals surface area contributed by atoms with Gasteiger partial charge < -0.3 is 24.4 Å². The molecule has 2 atom stereocenters. The minimum atomic E-state index is -0.0312. The highest BCUT2D eigenvalue weighted by Gasteiger charge is 2.28. The quantitative estimate of drug-likeness (QED) is 0.860. The molecule has 0 aliphatic carbocycles. The molecule has 1 amide bonds. The van der Waals surface area contributed by atoms with Crippen LogP contribution in [0.2, 0.25) is 0 Å². The van der Waals surface area contributed by atoms with Crippen LogP contribution in [0.25, 0.3) is 0 Å². The fourth-order valence-corrected chi connectivity index (χ4v) is 3.77. The van der Waals surface area contributed by atoms with E-state index in [0.29, 0.717) is 13.2 Å². The van der Waals surface area contributed by atoms with Gasteiger partial charge >= 0.3 is 0 Å². The summed E-state index contributed by atoms with van der Waals surface area (Å²) in [5.74, 6) is 2.47. The molecule has 2 aliphatic heterocycles. The number of fused-ring (bicyclic) bond motifs is 1. The van der Waals surface area contributed by atoms with Crippen LogP contribution in [-0.4, -0.2) is 38.3 Å². The van der Waals surface area contributed by atoms with Gasteiger partial charge in [-0.2, -0.15) is 0 Å². The molecule has 2 aromatic rings. The Morgan fingerprint density at radius 1 is 1.18 bits per heavy atom. The second-order valence-electron chi connectivity index (χ2n) is 7.27. The molecule has 2 aliphatic rings. The van der Waals surface area contributed by atoms with Crippen molar-refractivity contribution in [1.29, 1.82) is 0 Å². The van der Waals surface area contributed by atoms with Crippen molar-refractivity contribution in [1.82, 2.24) is 5.32 Å². The van der Waals surface area contributed by atoms with Gasteiger partial charge in [0.2, 0.25) is 5.91 Å². The molecule has 6 nitrogen and oxygen atoms in total. The summed E-state index contributed by atoms with van der Waals surface area (Å²) in [6.07, 6.45) is 1.08. The molecular weight excluding hydrogens is 356 g/mol. The number of para-hydroxylation sites is 1. The van der Waals surface area contributed by atoms with E-state index in [1.807, 2.05) is 43.3 Å². The van der Waals surface area contributed by atoms with E-state index < -0.39 is 0 Å². The molecule has 28 heavy (non-hydrogen) atoms. The van der Waals surface area contributed by atoms with Crippen LogP contribution in [0.5, 0.6) is 17.2 Å². The van der Waals surface area contributed by atoms with Crippen molar-refractivity contribution in [3.8, 4) is 17.2 Å². The van der Waals surface area contributed by atoms with E-state index >= 15 is 0 Å². The van der Waals surface area contributed by atoms with Crippen LogP contribution in [0.15, 0.2) is 42.5 Å². The summed E-state index contributed by atoms with van der Waals surface area (Å²) in [4.78, 5) is 13.5. The lowest BCUT2D eigenvalue weighted by atomic mass is 10.1. The third kappa shape index (κ3) is 4.01. The molecule has 0 aromatic heterocycles. The predicted molar refractivity (Wildman–Crippen MR) is 107 cm³/mol. The smallest absolute Gasteiger partial charge is 0.217 e. The molecule has 2 aromatic carbocycles. The zero-order chi connectivity index (χ0) is 19.5. The summed E-state index contributed by atoms with van der Waals surface area (Å²) in [5.41, 5.74) is 2.13. The highest BCUT2D eigenvalue weighted by molar-refractivity contribution is 5.73. The Bertz CT molecular complexity index is 837. The number of rotatable bonds is 5. The molecule has 1 fully saturated rings. The summed E-state index contributed by atoms with van der Waals surface area (Å²) < 4.78 is 17.7. The number of benzene rings is 2. The molecule has 2 heterocycles. The Morgan fingerprint density at radius 2 is 1.96 bits per heavy atom. The van der Waals surface area contributed by atoms with Gasteiger partial charge in [0.25, 0.3) is 0 Å². The lowest BCUT2D eigenvalue weighted by molar-refractivity contribution is -0.119. The first-order valence-corrected chi connectivity index (χ1v) is 9.77. The maximum atomic E-state index is 11.2. The molecule has 4 rings (SSSR count). The molecule has 0 spiro atoms. The number of carbonyl (C=O) groups is 1. The fourth-order valence-electron chi connectivity index (χ4n) is 3.77. The highest BCUT2D eigenvalue weighted by atomic mass is 16.6. The molecule has 0 saturated carbocycles. The van der Waals surface area contributed by atoms with Crippen LogP contribution in [0.3, 0.4) is 0 Å². The van der Waals surface area contributed by atoms with Gasteiger partial charge in [-0.05, 0) is 36.8 Å². The second kappa shape index (κ2) is 8.00. The van der Waals surface area contributed by atoms with E-state index in [1.165, 1.54) is 6.92 Å². The summed E-state index contributed by atoms with van der Waals surface area (Å²) in [5, 5.41) is 2.89. The van der Waals surface area contributed by atoms with E-state index in [9.17, 15) is 4.79 Å². The van der Waals surface area contributed by atoms with Gasteiger partial charge in [0, 0.05) is 19.9 Å². The zero-order valence-electron chi connectivity index (χ0n) is 16.3. The van der Waals surface area contributed by atoms with Crippen LogP contribution in [-0.2, 0) is 4.79 Å². The maximum Gasteiger partial charge on any atom is 0.217 e. The van der Waals surface area contributed by atoms with Gasteiger partial charge in [-0.25, -0.2) is 0 Å². The van der Waals surface area contributed by atoms with Crippen LogP contribution >= 0.6 is 0 Å². The highest BCUT2D eigenvalue weighted by Crippen LogP contribution is 2.40. The molecule has 1 saturated heterocycles. The number of nitrogens with one attached hydrogen (secondary N) is 1. The molecular formula is C22H26N2O4. The van der Waals surface area contributed by atoms with Crippen molar-refractivity contribution in [2.45, 2.75) is 32.4 Å². The molecule has 6 heteroatoms. The van der Waals surface area contributed by atoms with E-state index in [-0.39, 0.29) is 18.1 Å². The fraction of sp³-hybridized carbons (Fsp3) is 0.409. The number of hydrogen-bond acceptors (Lipinski definition) is 5. The third-order valence-corrected chi connectivity index (χ3v) is 5.13. The topological polar surface area (TPSA) is 60.0 Å². The largest absolute Gasteiger partial charge is 0.489 e. The van der Waals surface area contributed by atoms with Crippen molar-refractivity contribution in [3.05, 3.63) is 48.0 Å². The SMILES string of the molecule is CC(=O)N[C@@H](C)c1ccc(OC2CCN(c3cccc4c3OCCO4)C2)cc1. The van der Waals surface area contributed by atoms with E-state index in [0.717, 1.165) is 48.0 Å². The number of anilines is 1. The minimum Gasteiger partial charge on any atom is -0.489 e. The Kier molecular flexibility index (Phi) is 5.28. The summed E-state index contributed by atoms with van der Waals surface area (Å²) in [6, 6.07) is 14.0. The Morgan fingerprint density at radius 3 is 2.75 bits per heavy atom. The van der Waals surface area contributed by atoms with Crippen molar-refractivity contribution in [2.75, 3.05) is 31.2 Å². The first-order chi connectivity index (χ1) is 13.6. The summed E-state index contributed by atoms with van der Waals surface area (Å²) >= 11 is 0. The second-order valence-corrected chi connectivity index (χ2v) is 7.27. The van der Waals surface area contributed by atoms with Crippen LogP contribution in [0.1, 0.15) is 31.9 Å². The molecule has 148 valence electrons. The first kappa shape index (κ1) is 18.5. The minimum absolute atomic E-state index is 0.0139. The number of amides is 1. The predicted octanol–water partition coefficient (Wildman–Crippen LogP) is 3.31. The van der Waals surface area contributed by atoms with Crippen LogP contribution in [0.4, 0.5) is 5.69 Å².